The molecule has 0 spiro atoms. The van der Waals surface area contributed by atoms with Crippen molar-refractivity contribution in [2.75, 3.05) is 25.0 Å². The Labute approximate surface area is 127 Å². The maximum absolute atomic E-state index is 4.54. The summed E-state index contributed by atoms with van der Waals surface area (Å²) < 4.78 is 0. The number of aliphatic imine (C=N–C) groups is 1. The fourth-order valence-electron chi connectivity index (χ4n) is 4.16. The third-order valence-corrected chi connectivity index (χ3v) is 5.75. The molecule has 112 valence electrons. The van der Waals surface area contributed by atoms with E-state index < -0.39 is 0 Å². The van der Waals surface area contributed by atoms with Gasteiger partial charge in [-0.3, -0.25) is 4.99 Å². The molecule has 3 nitrogen and oxygen atoms in total. The van der Waals surface area contributed by atoms with Crippen molar-refractivity contribution < 1.29 is 0 Å². The number of fused-ring (bicyclic) bond motifs is 1. The van der Waals surface area contributed by atoms with Crippen LogP contribution in [-0.2, 0) is 6.42 Å². The predicted octanol–water partition coefficient (Wildman–Crippen LogP) is 3.20. The van der Waals surface area contributed by atoms with Gasteiger partial charge in [0, 0.05) is 25.8 Å². The summed E-state index contributed by atoms with van der Waals surface area (Å²) in [4.78, 5) is 6.90. The van der Waals surface area contributed by atoms with E-state index in [1.807, 2.05) is 7.05 Å². The van der Waals surface area contributed by atoms with E-state index in [1.165, 1.54) is 43.4 Å². The Kier molecular flexibility index (Phi) is 3.16. The molecule has 0 radical (unpaired) electrons. The summed E-state index contributed by atoms with van der Waals surface area (Å²) in [6.07, 6.45) is 8.28. The smallest absolute Gasteiger partial charge is 0.198 e. The molecule has 1 aromatic rings. The molecule has 0 unspecified atom stereocenters. The number of rotatable bonds is 3. The first-order chi connectivity index (χ1) is 10.3. The van der Waals surface area contributed by atoms with Crippen LogP contribution in [0, 0.1) is 11.3 Å². The molecular weight excluding hydrogens is 258 g/mol. The van der Waals surface area contributed by atoms with Crippen LogP contribution in [0.25, 0.3) is 0 Å². The van der Waals surface area contributed by atoms with Crippen LogP contribution >= 0.6 is 0 Å². The topological polar surface area (TPSA) is 27.6 Å². The summed E-state index contributed by atoms with van der Waals surface area (Å²) in [6, 6.07) is 8.71. The minimum Gasteiger partial charge on any atom is -0.355 e. The molecule has 2 fully saturated rings. The van der Waals surface area contributed by atoms with E-state index in [0.29, 0.717) is 5.41 Å². The molecule has 3 heteroatoms. The molecule has 1 heterocycles. The number of hydrogen-bond donors (Lipinski definition) is 1. The van der Waals surface area contributed by atoms with E-state index >= 15 is 0 Å². The van der Waals surface area contributed by atoms with E-state index in [0.717, 1.165) is 31.4 Å². The van der Waals surface area contributed by atoms with Crippen molar-refractivity contribution in [3.63, 3.8) is 0 Å². The van der Waals surface area contributed by atoms with Crippen LogP contribution in [0.1, 0.15) is 37.7 Å². The molecule has 2 saturated carbocycles. The van der Waals surface area contributed by atoms with Gasteiger partial charge in [-0.2, -0.15) is 0 Å². The van der Waals surface area contributed by atoms with Gasteiger partial charge in [0.1, 0.15) is 0 Å². The molecule has 2 aliphatic carbocycles. The van der Waals surface area contributed by atoms with E-state index in [9.17, 15) is 0 Å². The first kappa shape index (κ1) is 13.2. The van der Waals surface area contributed by atoms with Gasteiger partial charge in [-0.1, -0.05) is 24.6 Å². The summed E-state index contributed by atoms with van der Waals surface area (Å²) in [6.45, 7) is 2.17. The van der Waals surface area contributed by atoms with E-state index in [1.54, 1.807) is 0 Å². The van der Waals surface area contributed by atoms with Gasteiger partial charge in [-0.15, -0.1) is 0 Å². The Hall–Kier alpha value is -1.51. The second kappa shape index (κ2) is 5.04. The molecule has 1 aromatic carbocycles. The van der Waals surface area contributed by atoms with Gasteiger partial charge in [-0.25, -0.2) is 0 Å². The van der Waals surface area contributed by atoms with Gasteiger partial charge in [0.05, 0.1) is 0 Å². The Morgan fingerprint density at radius 2 is 2.14 bits per heavy atom. The molecule has 0 bridgehead atoms. The number of hydrogen-bond acceptors (Lipinski definition) is 1. The lowest BCUT2D eigenvalue weighted by atomic mass is 9.65. The van der Waals surface area contributed by atoms with Gasteiger partial charge in [0.25, 0.3) is 0 Å². The molecule has 4 rings (SSSR count). The highest BCUT2D eigenvalue weighted by Gasteiger charge is 2.48. The normalized spacial score (nSPS) is 23.7. The Morgan fingerprint density at radius 1 is 1.33 bits per heavy atom. The summed E-state index contributed by atoms with van der Waals surface area (Å²) in [5.74, 6) is 2.05. The van der Waals surface area contributed by atoms with Crippen molar-refractivity contribution in [1.29, 1.82) is 0 Å². The average molecular weight is 283 g/mol. The molecule has 1 aliphatic heterocycles. The standard InChI is InChI=1S/C18H25N3/c1-19-17(20-13-18(10-4-11-18)15-7-8-15)21-12-9-14-5-2-3-6-16(14)21/h2-3,5-6,15H,4,7-13H2,1H3,(H,19,20). The molecule has 0 amide bonds. The van der Waals surface area contributed by atoms with Crippen molar-refractivity contribution in [3.8, 4) is 0 Å². The second-order valence-corrected chi connectivity index (χ2v) is 6.92. The summed E-state index contributed by atoms with van der Waals surface area (Å²) >= 11 is 0. The largest absolute Gasteiger partial charge is 0.355 e. The van der Waals surface area contributed by atoms with Crippen LogP contribution in [0.3, 0.4) is 0 Å². The minimum absolute atomic E-state index is 0.592. The van der Waals surface area contributed by atoms with Gasteiger partial charge in [0.2, 0.25) is 0 Å². The zero-order valence-electron chi connectivity index (χ0n) is 12.9. The summed E-state index contributed by atoms with van der Waals surface area (Å²) in [5, 5.41) is 3.69. The summed E-state index contributed by atoms with van der Waals surface area (Å²) in [5.41, 5.74) is 3.37. The zero-order valence-corrected chi connectivity index (χ0v) is 12.9. The Morgan fingerprint density at radius 3 is 2.81 bits per heavy atom. The molecular formula is C18H25N3. The first-order valence-corrected chi connectivity index (χ1v) is 8.38. The van der Waals surface area contributed by atoms with E-state index in [2.05, 4.69) is 39.5 Å². The van der Waals surface area contributed by atoms with Crippen LogP contribution < -0.4 is 10.2 Å². The maximum Gasteiger partial charge on any atom is 0.198 e. The SMILES string of the molecule is CN=C(NCC1(C2CC2)CCC1)N1CCc2ccccc21. The number of para-hydroxylation sites is 1. The number of guanidine groups is 1. The minimum atomic E-state index is 0.592. The molecule has 1 N–H and O–H groups in total. The number of benzene rings is 1. The third kappa shape index (κ3) is 2.23. The Bertz CT molecular complexity index is 555. The lowest BCUT2D eigenvalue weighted by molar-refractivity contribution is 0.106. The van der Waals surface area contributed by atoms with Crippen molar-refractivity contribution in [1.82, 2.24) is 5.32 Å². The van der Waals surface area contributed by atoms with E-state index in [-0.39, 0.29) is 0 Å². The van der Waals surface area contributed by atoms with Crippen molar-refractivity contribution in [2.45, 2.75) is 38.5 Å². The summed E-state index contributed by atoms with van der Waals surface area (Å²) in [7, 11) is 1.91. The molecule has 0 atom stereocenters. The van der Waals surface area contributed by atoms with Crippen molar-refractivity contribution >= 4 is 11.6 Å². The van der Waals surface area contributed by atoms with Gasteiger partial charge in [-0.05, 0) is 55.1 Å². The molecule has 0 aromatic heterocycles. The fraction of sp³-hybridized carbons (Fsp3) is 0.611. The van der Waals surface area contributed by atoms with Gasteiger partial charge < -0.3 is 10.2 Å². The molecule has 3 aliphatic rings. The monoisotopic (exact) mass is 283 g/mol. The average Bonchev–Trinajstić information content (AvgIpc) is 3.23. The highest BCUT2D eigenvalue weighted by atomic mass is 15.3. The number of anilines is 1. The van der Waals surface area contributed by atoms with Crippen molar-refractivity contribution in [3.05, 3.63) is 29.8 Å². The lowest BCUT2D eigenvalue weighted by Gasteiger charge is -2.43. The third-order valence-electron chi connectivity index (χ3n) is 5.75. The van der Waals surface area contributed by atoms with Crippen LogP contribution in [0.4, 0.5) is 5.69 Å². The van der Waals surface area contributed by atoms with E-state index in [4.69, 9.17) is 0 Å². The van der Waals surface area contributed by atoms with Crippen LogP contribution in [0.5, 0.6) is 0 Å². The Balaban J connectivity index is 1.46. The van der Waals surface area contributed by atoms with Crippen LogP contribution in [0.15, 0.2) is 29.3 Å². The number of nitrogens with zero attached hydrogens (tertiary/aromatic N) is 2. The van der Waals surface area contributed by atoms with Crippen molar-refractivity contribution in [2.24, 2.45) is 16.3 Å². The van der Waals surface area contributed by atoms with Gasteiger partial charge in [0.15, 0.2) is 5.96 Å². The van der Waals surface area contributed by atoms with Crippen LogP contribution in [-0.4, -0.2) is 26.1 Å². The predicted molar refractivity (Wildman–Crippen MR) is 87.9 cm³/mol. The highest BCUT2D eigenvalue weighted by molar-refractivity contribution is 5.97. The maximum atomic E-state index is 4.54. The lowest BCUT2D eigenvalue weighted by Crippen LogP contribution is -2.48. The fourth-order valence-corrected chi connectivity index (χ4v) is 4.16. The zero-order chi connectivity index (χ0) is 14.3. The number of nitrogens with one attached hydrogen (secondary N) is 1. The second-order valence-electron chi connectivity index (χ2n) is 6.92. The molecule has 21 heavy (non-hydrogen) atoms. The van der Waals surface area contributed by atoms with Gasteiger partial charge >= 0.3 is 0 Å². The molecule has 0 saturated heterocycles. The highest BCUT2D eigenvalue weighted by Crippen LogP contribution is 2.56. The van der Waals surface area contributed by atoms with Crippen LogP contribution in [0.2, 0.25) is 0 Å². The first-order valence-electron chi connectivity index (χ1n) is 8.38. The quantitative estimate of drug-likeness (QED) is 0.681.